The second-order valence-electron chi connectivity index (χ2n) is 3.35. The number of nitriles is 1. The summed E-state index contributed by atoms with van der Waals surface area (Å²) < 4.78 is 0. The lowest BCUT2D eigenvalue weighted by atomic mass is 10.1. The van der Waals surface area contributed by atoms with Crippen LogP contribution < -0.4 is 5.32 Å². The molecule has 1 unspecified atom stereocenters. The molecule has 0 aliphatic heterocycles. The van der Waals surface area contributed by atoms with Gasteiger partial charge in [0.05, 0.1) is 18.3 Å². The third kappa shape index (κ3) is 3.53. The van der Waals surface area contributed by atoms with Crippen molar-refractivity contribution in [2.75, 3.05) is 11.9 Å². The number of aliphatic carboxylic acids is 1. The lowest BCUT2D eigenvalue weighted by molar-refractivity contribution is -0.141. The van der Waals surface area contributed by atoms with Crippen molar-refractivity contribution in [3.63, 3.8) is 0 Å². The Labute approximate surface area is 93.0 Å². The Hall–Kier alpha value is -2.16. The summed E-state index contributed by atoms with van der Waals surface area (Å²) in [5.41, 5.74) is 0.254. The highest BCUT2D eigenvalue weighted by Gasteiger charge is 2.09. The standard InChI is InChI=1S/C10H12N4O2/c1-7(10(15)16)2-3-12-9-6-13-8(4-11)5-14-9/h5-7H,2-3H2,1H3,(H,12,14)(H,15,16). The highest BCUT2D eigenvalue weighted by Crippen LogP contribution is 2.04. The summed E-state index contributed by atoms with van der Waals surface area (Å²) in [7, 11) is 0. The smallest absolute Gasteiger partial charge is 0.306 e. The number of anilines is 1. The van der Waals surface area contributed by atoms with Crippen LogP contribution in [0.4, 0.5) is 5.82 Å². The molecule has 1 aromatic rings. The monoisotopic (exact) mass is 220 g/mol. The fourth-order valence-electron chi connectivity index (χ4n) is 1.02. The van der Waals surface area contributed by atoms with Crippen LogP contribution >= 0.6 is 0 Å². The molecule has 0 aliphatic carbocycles. The normalized spacial score (nSPS) is 11.5. The van der Waals surface area contributed by atoms with E-state index in [-0.39, 0.29) is 11.6 Å². The van der Waals surface area contributed by atoms with Crippen molar-refractivity contribution in [1.82, 2.24) is 9.97 Å². The number of carboxylic acids is 1. The summed E-state index contributed by atoms with van der Waals surface area (Å²) in [6, 6.07) is 1.86. The minimum atomic E-state index is -0.812. The maximum absolute atomic E-state index is 10.5. The van der Waals surface area contributed by atoms with Crippen molar-refractivity contribution >= 4 is 11.8 Å². The average Bonchev–Trinajstić information content (AvgIpc) is 2.29. The number of hydrogen-bond acceptors (Lipinski definition) is 5. The first kappa shape index (κ1) is 11.9. The molecule has 0 bridgehead atoms. The molecular formula is C10H12N4O2. The number of carboxylic acid groups (broad SMARTS) is 1. The third-order valence-electron chi connectivity index (χ3n) is 2.07. The van der Waals surface area contributed by atoms with Gasteiger partial charge in [0.25, 0.3) is 0 Å². The van der Waals surface area contributed by atoms with Crippen LogP contribution in [-0.2, 0) is 4.79 Å². The number of nitrogens with one attached hydrogen (secondary N) is 1. The molecule has 1 aromatic heterocycles. The lowest BCUT2D eigenvalue weighted by Gasteiger charge is -2.07. The van der Waals surface area contributed by atoms with Crippen LogP contribution in [-0.4, -0.2) is 27.6 Å². The van der Waals surface area contributed by atoms with Crippen molar-refractivity contribution < 1.29 is 9.90 Å². The van der Waals surface area contributed by atoms with Gasteiger partial charge in [-0.25, -0.2) is 9.97 Å². The van der Waals surface area contributed by atoms with E-state index in [0.717, 1.165) is 0 Å². The molecule has 0 aromatic carbocycles. The molecule has 2 N–H and O–H groups in total. The van der Waals surface area contributed by atoms with Gasteiger partial charge in [-0.1, -0.05) is 6.92 Å². The van der Waals surface area contributed by atoms with E-state index in [1.54, 1.807) is 6.92 Å². The van der Waals surface area contributed by atoms with E-state index < -0.39 is 5.97 Å². The summed E-state index contributed by atoms with van der Waals surface area (Å²) >= 11 is 0. The molecule has 0 fully saturated rings. The quantitative estimate of drug-likeness (QED) is 0.763. The number of carbonyl (C=O) groups is 1. The largest absolute Gasteiger partial charge is 0.481 e. The third-order valence-corrected chi connectivity index (χ3v) is 2.07. The van der Waals surface area contributed by atoms with Crippen LogP contribution in [0.3, 0.4) is 0 Å². The van der Waals surface area contributed by atoms with Crippen LogP contribution in [0.2, 0.25) is 0 Å². The summed E-state index contributed by atoms with van der Waals surface area (Å²) in [5.74, 6) is -0.664. The molecule has 0 saturated heterocycles. The Bertz CT molecular complexity index is 396. The maximum Gasteiger partial charge on any atom is 0.306 e. The Morgan fingerprint density at radius 1 is 1.62 bits per heavy atom. The number of aromatic nitrogens is 2. The Kier molecular flexibility index (Phi) is 4.21. The number of rotatable bonds is 5. The molecule has 6 nitrogen and oxygen atoms in total. The minimum absolute atomic E-state index is 0.254. The zero-order valence-electron chi connectivity index (χ0n) is 8.84. The summed E-state index contributed by atoms with van der Waals surface area (Å²) in [6.07, 6.45) is 3.32. The van der Waals surface area contributed by atoms with Crippen LogP contribution in [0, 0.1) is 17.2 Å². The lowest BCUT2D eigenvalue weighted by Crippen LogP contribution is -2.14. The molecule has 1 atom stereocenters. The van der Waals surface area contributed by atoms with Gasteiger partial charge in [-0.2, -0.15) is 5.26 Å². The molecule has 0 aliphatic rings. The van der Waals surface area contributed by atoms with E-state index in [1.165, 1.54) is 12.4 Å². The fraction of sp³-hybridized carbons (Fsp3) is 0.400. The zero-order chi connectivity index (χ0) is 12.0. The molecule has 0 amide bonds. The molecule has 16 heavy (non-hydrogen) atoms. The predicted molar refractivity (Wildman–Crippen MR) is 56.7 cm³/mol. The van der Waals surface area contributed by atoms with Gasteiger partial charge in [-0.3, -0.25) is 4.79 Å². The van der Waals surface area contributed by atoms with Gasteiger partial charge in [0.1, 0.15) is 11.9 Å². The molecule has 0 saturated carbocycles. The second kappa shape index (κ2) is 5.66. The van der Waals surface area contributed by atoms with Crippen molar-refractivity contribution in [2.45, 2.75) is 13.3 Å². The average molecular weight is 220 g/mol. The number of hydrogen-bond donors (Lipinski definition) is 2. The van der Waals surface area contributed by atoms with E-state index in [1.807, 2.05) is 6.07 Å². The van der Waals surface area contributed by atoms with Crippen molar-refractivity contribution in [3.05, 3.63) is 18.1 Å². The van der Waals surface area contributed by atoms with Gasteiger partial charge in [-0.05, 0) is 6.42 Å². The SMILES string of the molecule is CC(CCNc1cnc(C#N)cn1)C(=O)O. The van der Waals surface area contributed by atoms with Gasteiger partial charge >= 0.3 is 5.97 Å². The highest BCUT2D eigenvalue weighted by atomic mass is 16.4. The zero-order valence-corrected chi connectivity index (χ0v) is 8.84. The van der Waals surface area contributed by atoms with E-state index >= 15 is 0 Å². The first-order valence-electron chi connectivity index (χ1n) is 4.82. The van der Waals surface area contributed by atoms with Gasteiger partial charge in [0.15, 0.2) is 5.69 Å². The highest BCUT2D eigenvalue weighted by molar-refractivity contribution is 5.69. The number of nitrogens with zero attached hydrogens (tertiary/aromatic N) is 3. The second-order valence-corrected chi connectivity index (χ2v) is 3.35. The van der Waals surface area contributed by atoms with Crippen LogP contribution in [0.5, 0.6) is 0 Å². The summed E-state index contributed by atoms with van der Waals surface area (Å²) in [4.78, 5) is 18.3. The topological polar surface area (TPSA) is 98.9 Å². The molecule has 6 heteroatoms. The Balaban J connectivity index is 2.38. The molecule has 1 rings (SSSR count). The first-order chi connectivity index (χ1) is 7.63. The molecule has 84 valence electrons. The van der Waals surface area contributed by atoms with Gasteiger partial charge < -0.3 is 10.4 Å². The predicted octanol–water partition coefficient (Wildman–Crippen LogP) is 0.871. The van der Waals surface area contributed by atoms with Gasteiger partial charge in [0.2, 0.25) is 0 Å². The van der Waals surface area contributed by atoms with E-state index in [0.29, 0.717) is 18.8 Å². The van der Waals surface area contributed by atoms with Gasteiger partial charge in [0, 0.05) is 6.54 Å². The summed E-state index contributed by atoms with van der Waals surface area (Å²) in [5, 5.41) is 20.1. The van der Waals surface area contributed by atoms with Crippen molar-refractivity contribution in [1.29, 1.82) is 5.26 Å². The molecule has 0 spiro atoms. The van der Waals surface area contributed by atoms with E-state index in [4.69, 9.17) is 10.4 Å². The Morgan fingerprint density at radius 3 is 2.88 bits per heavy atom. The Morgan fingerprint density at radius 2 is 2.38 bits per heavy atom. The molecule has 0 radical (unpaired) electrons. The van der Waals surface area contributed by atoms with Crippen molar-refractivity contribution in [2.24, 2.45) is 5.92 Å². The maximum atomic E-state index is 10.5. The fourth-order valence-corrected chi connectivity index (χ4v) is 1.02. The first-order valence-corrected chi connectivity index (χ1v) is 4.82. The van der Waals surface area contributed by atoms with Crippen LogP contribution in [0.1, 0.15) is 19.0 Å². The minimum Gasteiger partial charge on any atom is -0.481 e. The van der Waals surface area contributed by atoms with Crippen LogP contribution in [0.25, 0.3) is 0 Å². The van der Waals surface area contributed by atoms with Crippen LogP contribution in [0.15, 0.2) is 12.4 Å². The van der Waals surface area contributed by atoms with E-state index in [2.05, 4.69) is 15.3 Å². The van der Waals surface area contributed by atoms with E-state index in [9.17, 15) is 4.79 Å². The molecular weight excluding hydrogens is 208 g/mol. The summed E-state index contributed by atoms with van der Waals surface area (Å²) in [6.45, 7) is 2.16. The van der Waals surface area contributed by atoms with Crippen molar-refractivity contribution in [3.8, 4) is 6.07 Å². The molecule has 1 heterocycles. The van der Waals surface area contributed by atoms with Gasteiger partial charge in [-0.15, -0.1) is 0 Å².